The van der Waals surface area contributed by atoms with Crippen molar-refractivity contribution in [2.24, 2.45) is 0 Å². The van der Waals surface area contributed by atoms with Crippen molar-refractivity contribution in [1.82, 2.24) is 14.7 Å². The van der Waals surface area contributed by atoms with Gasteiger partial charge >= 0.3 is 6.03 Å². The number of nitrogens with zero attached hydrogens (tertiary/aromatic N) is 3. The second kappa shape index (κ2) is 7.75. The van der Waals surface area contributed by atoms with Gasteiger partial charge in [0.15, 0.2) is 0 Å². The van der Waals surface area contributed by atoms with Crippen LogP contribution in [0.25, 0.3) is 0 Å². The summed E-state index contributed by atoms with van der Waals surface area (Å²) in [7, 11) is 1.61. The van der Waals surface area contributed by atoms with E-state index in [1.807, 2.05) is 23.1 Å². The molecular weight excluding hydrogens is 374 g/mol. The summed E-state index contributed by atoms with van der Waals surface area (Å²) in [4.78, 5) is 42.8. The fraction of sp³-hybridized carbons (Fsp3) is 0.381. The first kappa shape index (κ1) is 18.7. The Morgan fingerprint density at radius 2 is 1.96 bits per heavy atom. The van der Waals surface area contributed by atoms with Crippen LogP contribution >= 0.6 is 11.3 Å². The van der Waals surface area contributed by atoms with E-state index in [0.717, 1.165) is 12.0 Å². The topological polar surface area (TPSA) is 60.9 Å². The van der Waals surface area contributed by atoms with E-state index < -0.39 is 0 Å². The highest BCUT2D eigenvalue weighted by Crippen LogP contribution is 2.38. The normalized spacial score (nSPS) is 19.3. The molecule has 0 saturated carbocycles. The minimum Gasteiger partial charge on any atom is -0.331 e. The Bertz CT molecular complexity index is 895. The van der Waals surface area contributed by atoms with Gasteiger partial charge in [0.05, 0.1) is 6.04 Å². The molecule has 0 bridgehead atoms. The molecule has 0 aliphatic carbocycles. The molecule has 2 aliphatic heterocycles. The van der Waals surface area contributed by atoms with E-state index in [1.165, 1.54) is 20.2 Å². The summed E-state index contributed by atoms with van der Waals surface area (Å²) in [5.41, 5.74) is 2.32. The highest BCUT2D eigenvalue weighted by atomic mass is 32.1. The lowest BCUT2D eigenvalue weighted by Crippen LogP contribution is -2.40. The van der Waals surface area contributed by atoms with Crippen molar-refractivity contribution in [1.29, 1.82) is 0 Å². The quantitative estimate of drug-likeness (QED) is 0.729. The maximum atomic E-state index is 13.0. The van der Waals surface area contributed by atoms with Gasteiger partial charge in [-0.25, -0.2) is 4.79 Å². The summed E-state index contributed by atoms with van der Waals surface area (Å²) in [6, 6.07) is 11.9. The number of urea groups is 1. The minimum absolute atomic E-state index is 0.0649. The van der Waals surface area contributed by atoms with E-state index in [0.29, 0.717) is 25.9 Å². The number of benzene rings is 1. The smallest absolute Gasteiger partial charge is 0.326 e. The number of carbonyl (C=O) groups excluding carboxylic acids is 3. The zero-order chi connectivity index (χ0) is 19.7. The number of hydrogen-bond acceptors (Lipinski definition) is 4. The second-order valence-electron chi connectivity index (χ2n) is 7.24. The molecule has 6 nitrogen and oxygen atoms in total. The lowest BCUT2D eigenvalue weighted by molar-refractivity contribution is -0.134. The third-order valence-electron chi connectivity index (χ3n) is 5.40. The SMILES string of the molecule is CN1CC(=O)N(CCCC(=O)N2CCc3sccc3C2c2ccccc2)C1=O. The molecule has 0 spiro atoms. The van der Waals surface area contributed by atoms with Crippen molar-refractivity contribution in [2.75, 3.05) is 26.7 Å². The number of rotatable bonds is 5. The average Bonchev–Trinajstić information content (AvgIpc) is 3.27. The van der Waals surface area contributed by atoms with E-state index in [4.69, 9.17) is 0 Å². The fourth-order valence-electron chi connectivity index (χ4n) is 4.00. The van der Waals surface area contributed by atoms with Gasteiger partial charge in [-0.1, -0.05) is 30.3 Å². The largest absolute Gasteiger partial charge is 0.331 e. The summed E-state index contributed by atoms with van der Waals surface area (Å²) in [6.07, 6.45) is 1.68. The Labute approximate surface area is 168 Å². The van der Waals surface area contributed by atoms with Crippen LogP contribution in [-0.2, 0) is 16.0 Å². The van der Waals surface area contributed by atoms with Gasteiger partial charge in [0.25, 0.3) is 0 Å². The lowest BCUT2D eigenvalue weighted by Gasteiger charge is -2.36. The summed E-state index contributed by atoms with van der Waals surface area (Å²) >= 11 is 1.75. The van der Waals surface area contributed by atoms with Crippen LogP contribution in [0.3, 0.4) is 0 Å². The average molecular weight is 398 g/mol. The van der Waals surface area contributed by atoms with Gasteiger partial charge in [-0.3, -0.25) is 14.5 Å². The Morgan fingerprint density at radius 3 is 2.68 bits per heavy atom. The third-order valence-corrected chi connectivity index (χ3v) is 6.40. The molecule has 1 fully saturated rings. The molecule has 2 aliphatic rings. The highest BCUT2D eigenvalue weighted by molar-refractivity contribution is 7.10. The molecule has 1 aromatic carbocycles. The molecule has 7 heteroatoms. The predicted molar refractivity (Wildman–Crippen MR) is 107 cm³/mol. The first-order valence-corrected chi connectivity index (χ1v) is 10.4. The predicted octanol–water partition coefficient (Wildman–Crippen LogP) is 2.90. The maximum Gasteiger partial charge on any atom is 0.326 e. The number of fused-ring (bicyclic) bond motifs is 1. The van der Waals surface area contributed by atoms with Crippen molar-refractivity contribution in [3.05, 3.63) is 57.8 Å². The van der Waals surface area contributed by atoms with Crippen LogP contribution < -0.4 is 0 Å². The van der Waals surface area contributed by atoms with Gasteiger partial charge < -0.3 is 9.80 Å². The first-order valence-electron chi connectivity index (χ1n) is 9.52. The Morgan fingerprint density at radius 1 is 1.18 bits per heavy atom. The van der Waals surface area contributed by atoms with Crippen LogP contribution in [0, 0.1) is 0 Å². The molecule has 4 rings (SSSR count). The summed E-state index contributed by atoms with van der Waals surface area (Å²) in [5, 5.41) is 2.09. The zero-order valence-electron chi connectivity index (χ0n) is 15.8. The molecule has 2 aromatic rings. The fourth-order valence-corrected chi connectivity index (χ4v) is 4.90. The van der Waals surface area contributed by atoms with Crippen molar-refractivity contribution in [2.45, 2.75) is 25.3 Å². The third kappa shape index (κ3) is 3.42. The van der Waals surface area contributed by atoms with Crippen LogP contribution in [0.5, 0.6) is 0 Å². The molecule has 0 N–H and O–H groups in total. The number of carbonyl (C=O) groups is 3. The van der Waals surface area contributed by atoms with Gasteiger partial charge in [-0.2, -0.15) is 0 Å². The Kier molecular flexibility index (Phi) is 5.17. The van der Waals surface area contributed by atoms with E-state index in [-0.39, 0.29) is 30.4 Å². The van der Waals surface area contributed by atoms with Gasteiger partial charge in [0, 0.05) is 31.4 Å². The van der Waals surface area contributed by atoms with E-state index in [2.05, 4.69) is 23.6 Å². The molecule has 1 saturated heterocycles. The van der Waals surface area contributed by atoms with Crippen LogP contribution in [0.4, 0.5) is 4.79 Å². The van der Waals surface area contributed by atoms with Crippen molar-refractivity contribution < 1.29 is 14.4 Å². The van der Waals surface area contributed by atoms with Gasteiger partial charge in [-0.15, -0.1) is 11.3 Å². The molecule has 0 radical (unpaired) electrons. The summed E-state index contributed by atoms with van der Waals surface area (Å²) in [5.74, 6) is -0.124. The number of amides is 4. The maximum absolute atomic E-state index is 13.0. The number of imide groups is 1. The monoisotopic (exact) mass is 397 g/mol. The van der Waals surface area contributed by atoms with Gasteiger partial charge in [0.1, 0.15) is 6.54 Å². The standard InChI is InChI=1S/C21H23N3O3S/c1-22-14-19(26)24(21(22)27)11-5-8-18(25)23-12-9-17-16(10-13-28-17)20(23)15-6-3-2-4-7-15/h2-4,6-7,10,13,20H,5,8-9,11-12,14H2,1H3. The molecular formula is C21H23N3O3S. The Balaban J connectivity index is 1.46. The first-order chi connectivity index (χ1) is 13.6. The molecule has 4 amide bonds. The number of likely N-dealkylation sites (N-methyl/N-ethyl adjacent to an activating group) is 1. The Hall–Kier alpha value is -2.67. The van der Waals surface area contributed by atoms with Gasteiger partial charge in [0.2, 0.25) is 11.8 Å². The van der Waals surface area contributed by atoms with Crippen LogP contribution in [0.2, 0.25) is 0 Å². The molecule has 1 atom stereocenters. The van der Waals surface area contributed by atoms with E-state index in [9.17, 15) is 14.4 Å². The van der Waals surface area contributed by atoms with Crippen molar-refractivity contribution >= 4 is 29.2 Å². The zero-order valence-corrected chi connectivity index (χ0v) is 16.7. The number of thiophene rings is 1. The van der Waals surface area contributed by atoms with Crippen molar-refractivity contribution in [3.8, 4) is 0 Å². The van der Waals surface area contributed by atoms with Crippen LogP contribution in [0.1, 0.15) is 34.9 Å². The van der Waals surface area contributed by atoms with Crippen molar-refractivity contribution in [3.63, 3.8) is 0 Å². The minimum atomic E-state index is -0.277. The molecule has 28 heavy (non-hydrogen) atoms. The van der Waals surface area contributed by atoms with Gasteiger partial charge in [-0.05, 0) is 35.4 Å². The molecule has 3 heterocycles. The summed E-state index contributed by atoms with van der Waals surface area (Å²) in [6.45, 7) is 1.10. The van der Waals surface area contributed by atoms with E-state index >= 15 is 0 Å². The number of hydrogen-bond donors (Lipinski definition) is 0. The van der Waals surface area contributed by atoms with E-state index in [1.54, 1.807) is 18.4 Å². The van der Waals surface area contributed by atoms with Crippen LogP contribution in [0.15, 0.2) is 41.8 Å². The van der Waals surface area contributed by atoms with Crippen LogP contribution in [-0.4, -0.2) is 59.2 Å². The molecule has 1 unspecified atom stereocenters. The second-order valence-corrected chi connectivity index (χ2v) is 8.24. The molecule has 1 aromatic heterocycles. The summed E-state index contributed by atoms with van der Waals surface area (Å²) < 4.78 is 0. The highest BCUT2D eigenvalue weighted by Gasteiger charge is 2.34. The molecule has 146 valence electrons. The lowest BCUT2D eigenvalue weighted by atomic mass is 9.93.